The number of urea groups is 1. The van der Waals surface area contributed by atoms with Crippen molar-refractivity contribution < 1.29 is 57.4 Å². The van der Waals surface area contributed by atoms with Gasteiger partial charge in [0.1, 0.15) is 6.04 Å². The number of hydrogen-bond donors (Lipinski definition) is 1. The van der Waals surface area contributed by atoms with E-state index in [-0.39, 0.29) is 66.8 Å². The van der Waals surface area contributed by atoms with Crippen LogP contribution in [-0.2, 0) is 13.7 Å². The van der Waals surface area contributed by atoms with E-state index in [9.17, 15) is 4.79 Å². The van der Waals surface area contributed by atoms with Crippen molar-refractivity contribution in [3.05, 3.63) is 24.5 Å². The Bertz CT molecular complexity index is 647. The zero-order valence-electron chi connectivity index (χ0n) is 13.3. The van der Waals surface area contributed by atoms with Crippen LogP contribution in [0, 0.1) is 0 Å². The van der Waals surface area contributed by atoms with Gasteiger partial charge in [-0.2, -0.15) is 14.4 Å². The second-order valence-corrected chi connectivity index (χ2v) is 4.18. The molecule has 0 aromatic carbocycles. The standard InChI is InChI=1S/C9H10N4O5S.Na/c14-9-11-5-7(12-3-1-2-10-12)4-8(6-11)13(9)16-19-18-17-15;/h1-4,8,15H,5-6H2;/q;+1/i1D,2D,3D;. The Morgan fingerprint density at radius 3 is 3.15 bits per heavy atom. The molecule has 0 aliphatic carbocycles. The van der Waals surface area contributed by atoms with Crippen molar-refractivity contribution in [3.63, 3.8) is 0 Å². The van der Waals surface area contributed by atoms with Gasteiger partial charge in [0.2, 0.25) is 12.3 Å². The van der Waals surface area contributed by atoms with E-state index in [4.69, 9.17) is 13.7 Å². The Kier molecular flexibility index (Phi) is 4.15. The first-order valence-corrected chi connectivity index (χ1v) is 5.83. The maximum absolute atomic E-state index is 12.1. The quantitative estimate of drug-likeness (QED) is 0.216. The molecule has 102 valence electrons. The van der Waals surface area contributed by atoms with Gasteiger partial charge < -0.3 is 4.90 Å². The molecule has 1 aromatic heterocycles. The number of carbonyl (C=O) groups is 1. The summed E-state index contributed by atoms with van der Waals surface area (Å²) < 4.78 is 33.0. The van der Waals surface area contributed by atoms with E-state index >= 15 is 0 Å². The number of aromatic nitrogens is 2. The molecule has 0 radical (unpaired) electrons. The summed E-state index contributed by atoms with van der Waals surface area (Å²) in [4.78, 5) is 13.5. The summed E-state index contributed by atoms with van der Waals surface area (Å²) in [5.74, 6) is 0. The third kappa shape index (κ3) is 3.02. The average Bonchev–Trinajstić information content (AvgIpc) is 2.89. The fourth-order valence-corrected chi connectivity index (χ4v) is 2.27. The van der Waals surface area contributed by atoms with Gasteiger partial charge in [-0.25, -0.2) is 14.7 Å². The van der Waals surface area contributed by atoms with Crippen LogP contribution in [-0.4, -0.2) is 50.2 Å². The number of hydrogen-bond acceptors (Lipinski definition) is 7. The van der Waals surface area contributed by atoms with Crippen LogP contribution in [0.5, 0.6) is 0 Å². The third-order valence-corrected chi connectivity index (χ3v) is 3.05. The van der Waals surface area contributed by atoms with Gasteiger partial charge in [0.25, 0.3) is 0 Å². The van der Waals surface area contributed by atoms with Crippen LogP contribution in [0.15, 0.2) is 24.5 Å². The van der Waals surface area contributed by atoms with Crippen LogP contribution < -0.4 is 29.6 Å². The molecule has 1 atom stereocenters. The topological polar surface area (TPSA) is 89.3 Å². The van der Waals surface area contributed by atoms with Crippen molar-refractivity contribution >= 4 is 24.1 Å². The number of fused-ring (bicyclic) bond motifs is 2. The van der Waals surface area contributed by atoms with Crippen molar-refractivity contribution in [1.29, 1.82) is 0 Å². The van der Waals surface area contributed by atoms with Crippen LogP contribution in [0.2, 0.25) is 0 Å². The maximum Gasteiger partial charge on any atom is 1.00 e. The van der Waals surface area contributed by atoms with Crippen LogP contribution >= 0.6 is 12.3 Å². The summed E-state index contributed by atoms with van der Waals surface area (Å²) in [6, 6.07) is -1.17. The number of amides is 2. The molecule has 20 heavy (non-hydrogen) atoms. The van der Waals surface area contributed by atoms with E-state index in [2.05, 4.69) is 14.5 Å². The Morgan fingerprint density at radius 1 is 1.60 bits per heavy atom. The Morgan fingerprint density at radius 2 is 2.45 bits per heavy atom. The summed E-state index contributed by atoms with van der Waals surface area (Å²) in [5, 5.41) is 16.2. The predicted octanol–water partition coefficient (Wildman–Crippen LogP) is -2.24. The predicted molar refractivity (Wildman–Crippen MR) is 62.6 cm³/mol. The van der Waals surface area contributed by atoms with Crippen molar-refractivity contribution in [1.82, 2.24) is 19.7 Å². The molecule has 2 aliphatic heterocycles. The normalized spacial score (nSPS) is 23.1. The van der Waals surface area contributed by atoms with Gasteiger partial charge in [-0.3, -0.25) is 0 Å². The van der Waals surface area contributed by atoms with Crippen molar-refractivity contribution in [3.8, 4) is 0 Å². The average molecular weight is 312 g/mol. The minimum absolute atomic E-state index is 0. The Hall–Kier alpha value is -0.590. The first kappa shape index (κ1) is 12.0. The number of carbonyl (C=O) groups excluding carboxylic acids is 1. The van der Waals surface area contributed by atoms with Crippen molar-refractivity contribution in [2.24, 2.45) is 0 Å². The van der Waals surface area contributed by atoms with Crippen LogP contribution in [0.25, 0.3) is 5.70 Å². The minimum Gasteiger partial charge on any atom is -0.314 e. The van der Waals surface area contributed by atoms with Gasteiger partial charge in [0.05, 0.1) is 16.4 Å². The molecule has 3 rings (SSSR count). The van der Waals surface area contributed by atoms with E-state index in [1.807, 2.05) is 0 Å². The van der Waals surface area contributed by atoms with Crippen molar-refractivity contribution in [2.75, 3.05) is 13.1 Å². The zero-order valence-corrected chi connectivity index (χ0v) is 13.2. The fraction of sp³-hybridized carbons (Fsp3) is 0.333. The third-order valence-electron chi connectivity index (χ3n) is 2.71. The molecule has 1 fully saturated rings. The molecular formula is C9H10N4NaO5S+. The molecule has 1 saturated heterocycles. The first-order valence-electron chi connectivity index (χ1n) is 6.66. The molecule has 2 bridgehead atoms. The molecule has 9 nitrogen and oxygen atoms in total. The molecule has 1 aromatic rings. The number of hydroxylamine groups is 2. The van der Waals surface area contributed by atoms with E-state index in [1.54, 1.807) is 6.08 Å². The van der Waals surface area contributed by atoms with E-state index in [0.29, 0.717) is 12.2 Å². The largest absolute Gasteiger partial charge is 1.00 e. The van der Waals surface area contributed by atoms with Crippen LogP contribution in [0.1, 0.15) is 4.11 Å². The van der Waals surface area contributed by atoms with Gasteiger partial charge in [0.15, 0.2) is 0 Å². The van der Waals surface area contributed by atoms with E-state index in [1.165, 1.54) is 4.90 Å². The summed E-state index contributed by atoms with van der Waals surface area (Å²) in [6.07, 6.45) is 1.14. The van der Waals surface area contributed by atoms with Crippen molar-refractivity contribution in [2.45, 2.75) is 6.04 Å². The van der Waals surface area contributed by atoms with E-state index < -0.39 is 12.1 Å². The minimum atomic E-state index is -0.460. The van der Waals surface area contributed by atoms with Gasteiger partial charge in [-0.15, -0.1) is 4.33 Å². The number of rotatable bonds is 5. The van der Waals surface area contributed by atoms with Gasteiger partial charge in [-0.05, 0) is 12.1 Å². The number of nitrogens with zero attached hydrogens (tertiary/aromatic N) is 4. The zero-order chi connectivity index (χ0) is 15.9. The second kappa shape index (κ2) is 6.91. The molecule has 11 heteroatoms. The Labute approximate surface area is 144 Å². The Balaban J connectivity index is 0.00000192. The van der Waals surface area contributed by atoms with Crippen LogP contribution in [0.4, 0.5) is 4.79 Å². The molecule has 2 amide bonds. The second-order valence-electron chi connectivity index (χ2n) is 3.76. The summed E-state index contributed by atoms with van der Waals surface area (Å²) in [6.45, 7) is 0.544. The molecule has 1 unspecified atom stereocenters. The van der Waals surface area contributed by atoms with Gasteiger partial charge in [0, 0.05) is 18.9 Å². The van der Waals surface area contributed by atoms with Crippen LogP contribution in [0.3, 0.4) is 0 Å². The molecule has 0 saturated carbocycles. The molecule has 1 N–H and O–H groups in total. The summed E-state index contributed by atoms with van der Waals surface area (Å²) >= 11 is 0.267. The SMILES string of the molecule is [2H]c1nn(C2=CC3CN(C2)C(=O)N3OSOOO)c([2H])c1[2H].[Na+]. The molecular weight excluding hydrogens is 299 g/mol. The summed E-state index contributed by atoms with van der Waals surface area (Å²) in [5.41, 5.74) is 0.497. The van der Waals surface area contributed by atoms with Gasteiger partial charge in [-0.1, -0.05) is 5.04 Å². The smallest absolute Gasteiger partial charge is 0.314 e. The van der Waals surface area contributed by atoms with E-state index in [0.717, 1.165) is 9.75 Å². The molecule has 2 aliphatic rings. The van der Waals surface area contributed by atoms with Gasteiger partial charge >= 0.3 is 35.6 Å². The molecule has 3 heterocycles. The maximum atomic E-state index is 12.1. The molecule has 0 spiro atoms. The summed E-state index contributed by atoms with van der Waals surface area (Å²) in [7, 11) is 0. The fourth-order valence-electron chi connectivity index (χ4n) is 1.98. The first-order chi connectivity index (χ1) is 10.5. The monoisotopic (exact) mass is 312 g/mol.